The van der Waals surface area contributed by atoms with E-state index in [9.17, 15) is 14.4 Å². The number of thioether (sulfide) groups is 1. The molecule has 8 nitrogen and oxygen atoms in total. The Labute approximate surface area is 200 Å². The van der Waals surface area contributed by atoms with Crippen LogP contribution in [0.4, 0.5) is 0 Å². The smallest absolute Gasteiger partial charge is 0.332 e. The van der Waals surface area contributed by atoms with E-state index >= 15 is 0 Å². The topological polar surface area (TPSA) is 98.9 Å². The number of benzene rings is 1. The van der Waals surface area contributed by atoms with Crippen LogP contribution in [0.5, 0.6) is 0 Å². The summed E-state index contributed by atoms with van der Waals surface area (Å²) in [4.78, 5) is 47.4. The average molecular weight is 488 g/mol. The minimum atomic E-state index is -0.456. The van der Waals surface area contributed by atoms with Crippen molar-refractivity contribution < 1.29 is 4.79 Å². The van der Waals surface area contributed by atoms with Crippen LogP contribution in [0.3, 0.4) is 0 Å². The van der Waals surface area contributed by atoms with Gasteiger partial charge in [0, 0.05) is 31.6 Å². The largest absolute Gasteiger partial charge is 0.351 e. The highest BCUT2D eigenvalue weighted by Crippen LogP contribution is 2.33. The summed E-state index contributed by atoms with van der Waals surface area (Å²) in [6.45, 7) is 0.313. The SMILES string of the molecule is Cn1c(=O)c2c(SCC(=O)NCc3ccccc3Cl)nc(C3CCCCC3)nc2n(C)c1=O. The zero-order valence-electron chi connectivity index (χ0n) is 18.6. The summed E-state index contributed by atoms with van der Waals surface area (Å²) < 4.78 is 2.43. The van der Waals surface area contributed by atoms with Gasteiger partial charge in [0.05, 0.1) is 5.75 Å². The maximum atomic E-state index is 12.9. The Morgan fingerprint density at radius 2 is 1.85 bits per heavy atom. The fraction of sp³-hybridized carbons (Fsp3) is 0.435. The molecule has 4 rings (SSSR count). The molecular weight excluding hydrogens is 462 g/mol. The third kappa shape index (κ3) is 4.99. The van der Waals surface area contributed by atoms with Crippen LogP contribution in [0.1, 0.15) is 49.4 Å². The summed E-state index contributed by atoms with van der Waals surface area (Å²) >= 11 is 7.35. The van der Waals surface area contributed by atoms with Gasteiger partial charge in [0.25, 0.3) is 5.56 Å². The van der Waals surface area contributed by atoms with Crippen LogP contribution < -0.4 is 16.6 Å². The molecule has 1 saturated carbocycles. The number of nitrogens with zero attached hydrogens (tertiary/aromatic N) is 4. The number of aromatic nitrogens is 4. The molecule has 1 amide bonds. The van der Waals surface area contributed by atoms with Crippen LogP contribution in [0.15, 0.2) is 38.9 Å². The van der Waals surface area contributed by atoms with Crippen molar-refractivity contribution in [2.45, 2.75) is 49.6 Å². The van der Waals surface area contributed by atoms with Gasteiger partial charge in [-0.1, -0.05) is 60.8 Å². The molecule has 0 unspecified atom stereocenters. The maximum Gasteiger partial charge on any atom is 0.332 e. The number of amides is 1. The van der Waals surface area contributed by atoms with Gasteiger partial charge in [0.2, 0.25) is 5.91 Å². The molecule has 2 heterocycles. The summed E-state index contributed by atoms with van der Waals surface area (Å²) in [5.41, 5.74) is 0.252. The Hall–Kier alpha value is -2.65. The summed E-state index contributed by atoms with van der Waals surface area (Å²) in [5, 5.41) is 4.15. The first-order valence-corrected chi connectivity index (χ1v) is 12.3. The Balaban J connectivity index is 1.63. The molecule has 1 fully saturated rings. The molecule has 0 atom stereocenters. The van der Waals surface area contributed by atoms with E-state index < -0.39 is 11.2 Å². The van der Waals surface area contributed by atoms with Crippen molar-refractivity contribution in [1.82, 2.24) is 24.4 Å². The number of halogens is 1. The van der Waals surface area contributed by atoms with Crippen LogP contribution >= 0.6 is 23.4 Å². The molecule has 0 aliphatic heterocycles. The predicted octanol–water partition coefficient (Wildman–Crippen LogP) is 3.14. The number of aryl methyl sites for hydroxylation is 1. The predicted molar refractivity (Wildman–Crippen MR) is 130 cm³/mol. The van der Waals surface area contributed by atoms with Gasteiger partial charge in [0.1, 0.15) is 16.2 Å². The second kappa shape index (κ2) is 10.1. The zero-order valence-corrected chi connectivity index (χ0v) is 20.2. The molecule has 0 spiro atoms. The molecule has 33 heavy (non-hydrogen) atoms. The molecule has 1 aliphatic rings. The van der Waals surface area contributed by atoms with Crippen LogP contribution in [0.25, 0.3) is 11.0 Å². The molecule has 1 aromatic carbocycles. The van der Waals surface area contributed by atoms with E-state index in [2.05, 4.69) is 10.3 Å². The first kappa shape index (κ1) is 23.5. The van der Waals surface area contributed by atoms with Crippen molar-refractivity contribution in [1.29, 1.82) is 0 Å². The highest BCUT2D eigenvalue weighted by atomic mass is 35.5. The van der Waals surface area contributed by atoms with Crippen molar-refractivity contribution in [2.24, 2.45) is 14.1 Å². The molecule has 10 heteroatoms. The number of hydrogen-bond donors (Lipinski definition) is 1. The lowest BCUT2D eigenvalue weighted by atomic mass is 9.89. The Morgan fingerprint density at radius 1 is 1.12 bits per heavy atom. The number of nitrogens with one attached hydrogen (secondary N) is 1. The standard InChI is InChI=1S/C23H26ClN5O3S/c1-28-20-18(22(31)29(2)23(28)32)21(27-19(26-20)14-8-4-3-5-9-14)33-13-17(30)25-12-15-10-6-7-11-16(15)24/h6-7,10-11,14H,3-5,8-9,12-13H2,1-2H3,(H,25,30). The van der Waals surface area contributed by atoms with E-state index in [4.69, 9.17) is 16.6 Å². The van der Waals surface area contributed by atoms with E-state index in [1.54, 1.807) is 13.1 Å². The lowest BCUT2D eigenvalue weighted by Gasteiger charge is -2.21. The summed E-state index contributed by atoms with van der Waals surface area (Å²) in [5.74, 6) is 0.708. The minimum absolute atomic E-state index is 0.0761. The Kier molecular flexibility index (Phi) is 7.19. The fourth-order valence-corrected chi connectivity index (χ4v) is 5.17. The normalized spacial score (nSPS) is 14.5. The van der Waals surface area contributed by atoms with Crippen molar-refractivity contribution in [2.75, 3.05) is 5.75 Å². The molecule has 0 bridgehead atoms. The molecule has 3 aromatic rings. The lowest BCUT2D eigenvalue weighted by Crippen LogP contribution is -2.38. The van der Waals surface area contributed by atoms with E-state index in [1.807, 2.05) is 18.2 Å². The molecule has 0 saturated heterocycles. The number of hydrogen-bond acceptors (Lipinski definition) is 6. The number of carbonyl (C=O) groups is 1. The lowest BCUT2D eigenvalue weighted by molar-refractivity contribution is -0.118. The second-order valence-corrected chi connectivity index (χ2v) is 9.65. The van der Waals surface area contributed by atoms with E-state index in [0.717, 1.165) is 35.8 Å². The monoisotopic (exact) mass is 487 g/mol. The van der Waals surface area contributed by atoms with Gasteiger partial charge < -0.3 is 5.32 Å². The maximum absolute atomic E-state index is 12.9. The minimum Gasteiger partial charge on any atom is -0.351 e. The highest BCUT2D eigenvalue weighted by molar-refractivity contribution is 8.00. The number of carbonyl (C=O) groups excluding carboxylic acids is 1. The summed E-state index contributed by atoms with van der Waals surface area (Å²) in [7, 11) is 3.04. The van der Waals surface area contributed by atoms with Crippen molar-refractivity contribution >= 4 is 40.3 Å². The Bertz CT molecular complexity index is 1310. The van der Waals surface area contributed by atoms with Crippen LogP contribution in [0.2, 0.25) is 5.02 Å². The molecular formula is C23H26ClN5O3S. The van der Waals surface area contributed by atoms with Crippen molar-refractivity contribution in [3.05, 3.63) is 61.5 Å². The highest BCUT2D eigenvalue weighted by Gasteiger charge is 2.23. The number of rotatable bonds is 6. The summed E-state index contributed by atoms with van der Waals surface area (Å²) in [6.07, 6.45) is 5.36. The molecule has 1 N–H and O–H groups in total. The zero-order chi connectivity index (χ0) is 23.5. The van der Waals surface area contributed by atoms with Gasteiger partial charge in [-0.25, -0.2) is 14.8 Å². The van der Waals surface area contributed by atoms with Gasteiger partial charge >= 0.3 is 5.69 Å². The van der Waals surface area contributed by atoms with E-state index in [1.165, 1.54) is 29.8 Å². The third-order valence-electron chi connectivity index (χ3n) is 6.03. The van der Waals surface area contributed by atoms with Gasteiger partial charge in [-0.15, -0.1) is 0 Å². The average Bonchev–Trinajstić information content (AvgIpc) is 2.84. The van der Waals surface area contributed by atoms with Gasteiger partial charge in [-0.2, -0.15) is 0 Å². The summed E-state index contributed by atoms with van der Waals surface area (Å²) in [6, 6.07) is 7.33. The Morgan fingerprint density at radius 3 is 2.58 bits per heavy atom. The second-order valence-electron chi connectivity index (χ2n) is 8.28. The molecule has 0 radical (unpaired) electrons. The van der Waals surface area contributed by atoms with Gasteiger partial charge in [-0.05, 0) is 24.5 Å². The number of fused-ring (bicyclic) bond motifs is 1. The fourth-order valence-electron chi connectivity index (χ4n) is 4.11. The van der Waals surface area contributed by atoms with Crippen LogP contribution in [-0.2, 0) is 25.4 Å². The van der Waals surface area contributed by atoms with Crippen LogP contribution in [0, 0.1) is 0 Å². The van der Waals surface area contributed by atoms with Crippen LogP contribution in [-0.4, -0.2) is 30.8 Å². The quantitative estimate of drug-likeness (QED) is 0.423. The first-order chi connectivity index (χ1) is 15.9. The van der Waals surface area contributed by atoms with E-state index in [-0.39, 0.29) is 23.0 Å². The van der Waals surface area contributed by atoms with Crippen molar-refractivity contribution in [3.63, 3.8) is 0 Å². The van der Waals surface area contributed by atoms with Gasteiger partial charge in [-0.3, -0.25) is 18.7 Å². The van der Waals surface area contributed by atoms with Gasteiger partial charge in [0.15, 0.2) is 5.65 Å². The molecule has 174 valence electrons. The van der Waals surface area contributed by atoms with Crippen molar-refractivity contribution in [3.8, 4) is 0 Å². The third-order valence-corrected chi connectivity index (χ3v) is 7.37. The molecule has 1 aliphatic carbocycles. The van der Waals surface area contributed by atoms with E-state index in [0.29, 0.717) is 28.1 Å². The first-order valence-electron chi connectivity index (χ1n) is 11.0. The molecule has 2 aromatic heterocycles.